The molecule has 0 aromatic heterocycles. The van der Waals surface area contributed by atoms with Gasteiger partial charge in [-0.3, -0.25) is 9.59 Å². The first-order chi connectivity index (χ1) is 16.3. The second-order valence-corrected chi connectivity index (χ2v) is 8.88. The van der Waals surface area contributed by atoms with Crippen molar-refractivity contribution < 1.29 is 19.4 Å². The Balaban J connectivity index is 2.06. The van der Waals surface area contributed by atoms with Crippen molar-refractivity contribution in [2.45, 2.75) is 33.2 Å². The van der Waals surface area contributed by atoms with Gasteiger partial charge in [-0.05, 0) is 61.5 Å². The minimum atomic E-state index is -0.777. The number of ether oxygens (including phenoxy) is 1. The lowest BCUT2D eigenvalue weighted by Crippen LogP contribution is -2.38. The minimum absolute atomic E-state index is 0.0326. The zero-order chi connectivity index (χ0) is 24.8. The van der Waals surface area contributed by atoms with E-state index in [2.05, 4.69) is 4.90 Å². The van der Waals surface area contributed by atoms with Crippen LogP contribution in [0.5, 0.6) is 5.75 Å². The second-order valence-electron chi connectivity index (χ2n) is 8.07. The predicted octanol–water partition coefficient (Wildman–Crippen LogP) is 5.55. The Labute approximate surface area is 210 Å². The van der Waals surface area contributed by atoms with Gasteiger partial charge >= 0.3 is 0 Å². The lowest BCUT2D eigenvalue weighted by Gasteiger charge is -2.28. The summed E-state index contributed by atoms with van der Waals surface area (Å²) in [6.45, 7) is 9.26. The smallest absolute Gasteiger partial charge is 0.295 e. The van der Waals surface area contributed by atoms with Gasteiger partial charge in [0.25, 0.3) is 11.7 Å². The first kappa shape index (κ1) is 26.1. The Bertz CT molecular complexity index is 1060. The number of benzene rings is 2. The normalized spacial score (nSPS) is 17.6. The number of aliphatic hydroxyl groups excluding tert-OH is 1. The highest BCUT2D eigenvalue weighted by Crippen LogP contribution is 2.41. The van der Waals surface area contributed by atoms with E-state index in [0.29, 0.717) is 46.6 Å². The van der Waals surface area contributed by atoms with E-state index in [9.17, 15) is 14.7 Å². The van der Waals surface area contributed by atoms with Crippen LogP contribution in [0.2, 0.25) is 10.0 Å². The van der Waals surface area contributed by atoms with Crippen molar-refractivity contribution in [1.29, 1.82) is 0 Å². The van der Waals surface area contributed by atoms with Crippen molar-refractivity contribution in [2.75, 3.05) is 32.8 Å². The van der Waals surface area contributed by atoms with Gasteiger partial charge in [0.15, 0.2) is 0 Å². The van der Waals surface area contributed by atoms with Gasteiger partial charge in [0.2, 0.25) is 0 Å². The molecular weight excluding hydrogens is 475 g/mol. The number of amides is 1. The van der Waals surface area contributed by atoms with Crippen LogP contribution in [-0.2, 0) is 9.59 Å². The third-order valence-corrected chi connectivity index (χ3v) is 6.69. The Morgan fingerprint density at radius 1 is 1.03 bits per heavy atom. The van der Waals surface area contributed by atoms with Crippen molar-refractivity contribution >= 4 is 40.7 Å². The molecule has 0 radical (unpaired) electrons. The zero-order valence-corrected chi connectivity index (χ0v) is 21.2. The quantitative estimate of drug-likeness (QED) is 0.261. The number of nitrogens with zero attached hydrogens (tertiary/aromatic N) is 2. The van der Waals surface area contributed by atoms with Crippen LogP contribution in [0.25, 0.3) is 5.76 Å². The molecule has 8 heteroatoms. The number of ketones is 1. The molecule has 0 spiro atoms. The monoisotopic (exact) mass is 504 g/mol. The van der Waals surface area contributed by atoms with Gasteiger partial charge in [-0.25, -0.2) is 0 Å². The fraction of sp³-hybridized carbons (Fsp3) is 0.385. The third kappa shape index (κ3) is 5.57. The topological polar surface area (TPSA) is 70.1 Å². The Hall–Kier alpha value is -2.54. The van der Waals surface area contributed by atoms with E-state index in [4.69, 9.17) is 27.9 Å². The Morgan fingerprint density at radius 2 is 1.71 bits per heavy atom. The molecule has 6 nitrogen and oxygen atoms in total. The van der Waals surface area contributed by atoms with Crippen LogP contribution in [0.15, 0.2) is 48.0 Å². The van der Waals surface area contributed by atoms with Gasteiger partial charge in [0, 0.05) is 18.7 Å². The maximum absolute atomic E-state index is 13.2. The van der Waals surface area contributed by atoms with Crippen molar-refractivity contribution in [3.05, 3.63) is 69.2 Å². The Kier molecular flexibility index (Phi) is 9.00. The molecular formula is C26H30Cl2N2O4. The summed E-state index contributed by atoms with van der Waals surface area (Å²) >= 11 is 12.4. The van der Waals surface area contributed by atoms with Gasteiger partial charge in [-0.2, -0.15) is 0 Å². The number of carbonyl (C=O) groups is 2. The summed E-state index contributed by atoms with van der Waals surface area (Å²) < 4.78 is 5.60. The summed E-state index contributed by atoms with van der Waals surface area (Å²) in [4.78, 5) is 29.9. The molecule has 1 amide bonds. The van der Waals surface area contributed by atoms with Gasteiger partial charge in [-0.1, -0.05) is 50.0 Å². The molecule has 1 aliphatic rings. The molecule has 3 rings (SSSR count). The van der Waals surface area contributed by atoms with Crippen molar-refractivity contribution in [3.63, 3.8) is 0 Å². The number of rotatable bonds is 10. The van der Waals surface area contributed by atoms with Crippen molar-refractivity contribution in [1.82, 2.24) is 9.80 Å². The van der Waals surface area contributed by atoms with E-state index in [1.165, 1.54) is 4.90 Å². The summed E-state index contributed by atoms with van der Waals surface area (Å²) in [5, 5.41) is 11.9. The molecule has 1 heterocycles. The molecule has 2 aromatic rings. The SMILES string of the molecule is CCCOc1ccc(/C(O)=C2\C(=O)C(=O)N(CCN(CC)CC)C2c2ccc(Cl)c(Cl)c2)cc1. The molecule has 182 valence electrons. The highest BCUT2D eigenvalue weighted by molar-refractivity contribution is 6.46. The molecule has 1 saturated heterocycles. The maximum Gasteiger partial charge on any atom is 0.295 e. The first-order valence-corrected chi connectivity index (χ1v) is 12.3. The maximum atomic E-state index is 13.2. The third-order valence-electron chi connectivity index (χ3n) is 5.95. The van der Waals surface area contributed by atoms with Crippen LogP contribution < -0.4 is 4.74 Å². The fourth-order valence-corrected chi connectivity index (χ4v) is 4.32. The largest absolute Gasteiger partial charge is 0.507 e. The van der Waals surface area contributed by atoms with Crippen molar-refractivity contribution in [2.24, 2.45) is 0 Å². The number of carbonyl (C=O) groups excluding carboxylic acids is 2. The lowest BCUT2D eigenvalue weighted by molar-refractivity contribution is -0.140. The molecule has 1 N–H and O–H groups in total. The average molecular weight is 505 g/mol. The molecule has 0 aliphatic carbocycles. The number of likely N-dealkylation sites (N-methyl/N-ethyl adjacent to an activating group) is 1. The molecule has 1 aliphatic heterocycles. The van der Waals surface area contributed by atoms with Crippen LogP contribution >= 0.6 is 23.2 Å². The predicted molar refractivity (Wildman–Crippen MR) is 135 cm³/mol. The van der Waals surface area contributed by atoms with Crippen LogP contribution in [0.4, 0.5) is 0 Å². The van der Waals surface area contributed by atoms with Crippen LogP contribution in [0.1, 0.15) is 44.4 Å². The summed E-state index contributed by atoms with van der Waals surface area (Å²) in [5.74, 6) is -0.937. The van der Waals surface area contributed by atoms with E-state index < -0.39 is 17.7 Å². The molecule has 0 saturated carbocycles. The van der Waals surface area contributed by atoms with Crippen LogP contribution in [-0.4, -0.2) is 59.4 Å². The molecule has 2 aromatic carbocycles. The average Bonchev–Trinajstić information content (AvgIpc) is 3.10. The standard InChI is InChI=1S/C26H30Cl2N2O4/c1-4-15-34-19-10-7-17(8-11-19)24(31)22-23(18-9-12-20(27)21(28)16-18)30(26(33)25(22)32)14-13-29(5-2)6-3/h7-12,16,23,31H,4-6,13-15H2,1-3H3/b24-22+. The van der Waals surface area contributed by atoms with Gasteiger partial charge in [-0.15, -0.1) is 0 Å². The first-order valence-electron chi connectivity index (χ1n) is 11.5. The summed E-state index contributed by atoms with van der Waals surface area (Å²) in [6.07, 6.45) is 0.877. The van der Waals surface area contributed by atoms with Gasteiger partial charge in [0.1, 0.15) is 11.5 Å². The van der Waals surface area contributed by atoms with Gasteiger partial charge < -0.3 is 19.6 Å². The van der Waals surface area contributed by atoms with E-state index in [1.54, 1.807) is 42.5 Å². The van der Waals surface area contributed by atoms with Crippen LogP contribution in [0, 0.1) is 0 Å². The minimum Gasteiger partial charge on any atom is -0.507 e. The summed E-state index contributed by atoms with van der Waals surface area (Å²) in [5.41, 5.74) is 1.07. The van der Waals surface area contributed by atoms with E-state index in [1.807, 2.05) is 20.8 Å². The molecule has 1 fully saturated rings. The van der Waals surface area contributed by atoms with Gasteiger partial charge in [0.05, 0.1) is 28.3 Å². The second kappa shape index (κ2) is 11.7. The number of likely N-dealkylation sites (tertiary alicyclic amines) is 1. The summed E-state index contributed by atoms with van der Waals surface area (Å²) in [6, 6.07) is 11.0. The Morgan fingerprint density at radius 3 is 2.29 bits per heavy atom. The van der Waals surface area contributed by atoms with Crippen LogP contribution in [0.3, 0.4) is 0 Å². The zero-order valence-electron chi connectivity index (χ0n) is 19.7. The number of hydrogen-bond acceptors (Lipinski definition) is 5. The fourth-order valence-electron chi connectivity index (χ4n) is 4.01. The van der Waals surface area contributed by atoms with E-state index in [-0.39, 0.29) is 11.3 Å². The molecule has 0 bridgehead atoms. The number of hydrogen-bond donors (Lipinski definition) is 1. The highest BCUT2D eigenvalue weighted by atomic mass is 35.5. The van der Waals surface area contributed by atoms with E-state index >= 15 is 0 Å². The lowest BCUT2D eigenvalue weighted by atomic mass is 9.95. The number of Topliss-reactive ketones (excluding diaryl/α,β-unsaturated/α-hetero) is 1. The van der Waals surface area contributed by atoms with E-state index in [0.717, 1.165) is 19.5 Å². The number of aliphatic hydroxyl groups is 1. The summed E-state index contributed by atoms with van der Waals surface area (Å²) in [7, 11) is 0. The highest BCUT2D eigenvalue weighted by Gasteiger charge is 2.46. The number of halogens is 2. The van der Waals surface area contributed by atoms with Crippen molar-refractivity contribution in [3.8, 4) is 5.75 Å². The molecule has 1 atom stereocenters. The molecule has 1 unspecified atom stereocenters. The molecule has 34 heavy (non-hydrogen) atoms.